The van der Waals surface area contributed by atoms with Crippen LogP contribution in [0.25, 0.3) is 0 Å². The molecule has 180 valence electrons. The van der Waals surface area contributed by atoms with Crippen molar-refractivity contribution in [3.63, 3.8) is 0 Å². The van der Waals surface area contributed by atoms with Gasteiger partial charge in [0.15, 0.2) is 5.78 Å². The van der Waals surface area contributed by atoms with Crippen LogP contribution in [0.2, 0.25) is 0 Å². The largest absolute Gasteiger partial charge is 0.490 e. The molecule has 3 aliphatic rings. The molecule has 1 aromatic heterocycles. The highest BCUT2D eigenvalue weighted by Crippen LogP contribution is 2.47. The molecular weight excluding hydrogens is 456 g/mol. The lowest BCUT2D eigenvalue weighted by Crippen LogP contribution is -2.40. The van der Waals surface area contributed by atoms with Gasteiger partial charge < -0.3 is 4.74 Å². The number of benzene rings is 1. The molecular formula is C29H30N2O3S. The van der Waals surface area contributed by atoms with Crippen molar-refractivity contribution in [1.29, 1.82) is 5.26 Å². The maximum absolute atomic E-state index is 13.7. The highest BCUT2D eigenvalue weighted by molar-refractivity contribution is 7.16. The predicted molar refractivity (Wildman–Crippen MR) is 138 cm³/mol. The van der Waals surface area contributed by atoms with Crippen LogP contribution < -0.4 is 9.64 Å². The molecule has 2 heterocycles. The van der Waals surface area contributed by atoms with Gasteiger partial charge in [-0.3, -0.25) is 14.5 Å². The number of aryl methyl sites for hydroxylation is 1. The van der Waals surface area contributed by atoms with Crippen molar-refractivity contribution in [2.24, 2.45) is 0 Å². The van der Waals surface area contributed by atoms with Crippen molar-refractivity contribution in [3.8, 4) is 11.8 Å². The minimum Gasteiger partial charge on any atom is -0.490 e. The zero-order valence-electron chi connectivity index (χ0n) is 20.0. The van der Waals surface area contributed by atoms with Crippen LogP contribution in [0.1, 0.15) is 78.9 Å². The molecule has 0 radical (unpaired) electrons. The number of anilines is 1. The Hall–Kier alpha value is -3.17. The van der Waals surface area contributed by atoms with Crippen LogP contribution in [0.5, 0.6) is 5.75 Å². The first-order chi connectivity index (χ1) is 17.1. The normalized spacial score (nSPS) is 20.4. The Morgan fingerprint density at radius 1 is 1.06 bits per heavy atom. The van der Waals surface area contributed by atoms with Crippen LogP contribution in [0.4, 0.5) is 5.00 Å². The van der Waals surface area contributed by atoms with Gasteiger partial charge in [-0.15, -0.1) is 11.3 Å². The SMILES string of the molecule is C=CCOc1ccc([C@H]2CC(=O)N(c3sc4c(c3C#N)CCCCCC4)C3=C2C(=O)CCC3)cc1. The van der Waals surface area contributed by atoms with Crippen molar-refractivity contribution in [3.05, 3.63) is 69.8 Å². The van der Waals surface area contributed by atoms with E-state index in [0.717, 1.165) is 65.3 Å². The number of ether oxygens (including phenoxy) is 1. The Morgan fingerprint density at radius 2 is 1.83 bits per heavy atom. The highest BCUT2D eigenvalue weighted by Gasteiger charge is 2.41. The number of amides is 1. The molecule has 1 aromatic carbocycles. The van der Waals surface area contributed by atoms with Crippen LogP contribution in [0.15, 0.2) is 48.2 Å². The van der Waals surface area contributed by atoms with E-state index in [1.165, 1.54) is 17.7 Å². The van der Waals surface area contributed by atoms with E-state index in [9.17, 15) is 14.9 Å². The smallest absolute Gasteiger partial charge is 0.232 e. The Bertz CT molecular complexity index is 1230. The second-order valence-electron chi connectivity index (χ2n) is 9.50. The molecule has 5 rings (SSSR count). The third-order valence-electron chi connectivity index (χ3n) is 7.29. The van der Waals surface area contributed by atoms with E-state index in [0.29, 0.717) is 25.0 Å². The Kier molecular flexibility index (Phi) is 6.88. The number of carbonyl (C=O) groups excluding carboxylic acids is 2. The molecule has 2 aromatic rings. The molecule has 0 unspecified atom stereocenters. The van der Waals surface area contributed by atoms with E-state index in [2.05, 4.69) is 12.6 Å². The zero-order chi connectivity index (χ0) is 24.4. The first kappa shape index (κ1) is 23.6. The maximum Gasteiger partial charge on any atom is 0.232 e. The summed E-state index contributed by atoms with van der Waals surface area (Å²) in [5, 5.41) is 10.9. The van der Waals surface area contributed by atoms with Gasteiger partial charge in [-0.2, -0.15) is 5.26 Å². The molecule has 0 saturated heterocycles. The fourth-order valence-electron chi connectivity index (χ4n) is 5.64. The Labute approximate surface area is 210 Å². The summed E-state index contributed by atoms with van der Waals surface area (Å²) in [6.45, 7) is 4.10. The lowest BCUT2D eigenvalue weighted by Gasteiger charge is -2.37. The first-order valence-corrected chi connectivity index (χ1v) is 13.4. The van der Waals surface area contributed by atoms with Gasteiger partial charge >= 0.3 is 0 Å². The number of allylic oxidation sites excluding steroid dienone is 2. The lowest BCUT2D eigenvalue weighted by molar-refractivity contribution is -0.119. The molecule has 0 saturated carbocycles. The minimum atomic E-state index is -0.262. The molecule has 6 heteroatoms. The zero-order valence-corrected chi connectivity index (χ0v) is 20.8. The summed E-state index contributed by atoms with van der Waals surface area (Å²) in [7, 11) is 0. The molecule has 0 fully saturated rings. The van der Waals surface area contributed by atoms with E-state index in [4.69, 9.17) is 4.74 Å². The third-order valence-corrected chi connectivity index (χ3v) is 8.57. The molecule has 0 spiro atoms. The molecule has 0 bridgehead atoms. The number of ketones is 1. The summed E-state index contributed by atoms with van der Waals surface area (Å²) < 4.78 is 5.60. The molecule has 0 N–H and O–H groups in total. The van der Waals surface area contributed by atoms with Crippen LogP contribution in [-0.2, 0) is 22.4 Å². The highest BCUT2D eigenvalue weighted by atomic mass is 32.1. The van der Waals surface area contributed by atoms with Crippen molar-refractivity contribution in [2.45, 2.75) is 70.1 Å². The van der Waals surface area contributed by atoms with Gasteiger partial charge in [0.05, 0.1) is 5.56 Å². The summed E-state index contributed by atoms with van der Waals surface area (Å²) in [6.07, 6.45) is 10.3. The van der Waals surface area contributed by atoms with Crippen molar-refractivity contribution >= 4 is 28.0 Å². The van der Waals surface area contributed by atoms with Gasteiger partial charge in [0.25, 0.3) is 0 Å². The van der Waals surface area contributed by atoms with Crippen molar-refractivity contribution in [2.75, 3.05) is 11.5 Å². The number of thiophene rings is 1. The van der Waals surface area contributed by atoms with E-state index >= 15 is 0 Å². The second kappa shape index (κ2) is 10.2. The summed E-state index contributed by atoms with van der Waals surface area (Å²) in [4.78, 5) is 29.9. The average molecular weight is 487 g/mol. The predicted octanol–water partition coefficient (Wildman–Crippen LogP) is 6.37. The number of rotatable bonds is 5. The van der Waals surface area contributed by atoms with E-state index < -0.39 is 0 Å². The molecule has 35 heavy (non-hydrogen) atoms. The average Bonchev–Trinajstić information content (AvgIpc) is 3.18. The minimum absolute atomic E-state index is 0.0267. The van der Waals surface area contributed by atoms with Gasteiger partial charge in [-0.25, -0.2) is 0 Å². The van der Waals surface area contributed by atoms with Gasteiger partial charge in [0, 0.05) is 34.9 Å². The molecule has 2 aliphatic carbocycles. The fraction of sp³-hybridized carbons (Fsp3) is 0.414. The van der Waals surface area contributed by atoms with Crippen LogP contribution in [-0.4, -0.2) is 18.3 Å². The van der Waals surface area contributed by atoms with Crippen molar-refractivity contribution < 1.29 is 14.3 Å². The Balaban J connectivity index is 1.57. The summed E-state index contributed by atoms with van der Waals surface area (Å²) in [6, 6.07) is 10.1. The molecule has 1 atom stereocenters. The maximum atomic E-state index is 13.7. The number of carbonyl (C=O) groups is 2. The second-order valence-corrected chi connectivity index (χ2v) is 10.6. The lowest BCUT2D eigenvalue weighted by atomic mass is 9.77. The monoisotopic (exact) mass is 486 g/mol. The number of hydrogen-bond acceptors (Lipinski definition) is 5. The summed E-state index contributed by atoms with van der Waals surface area (Å²) in [5.41, 5.74) is 4.28. The third kappa shape index (κ3) is 4.46. The standard InChI is InChI=1S/C29H30N2O3S/c1-2-16-34-20-14-12-19(13-15-20)22-17-27(33)31(24-9-7-10-25(32)28(22)24)29-23(18-30)21-8-5-3-4-6-11-26(21)35-29/h2,12-15,22H,1,3-11,16-17H2/t22-/m1/s1. The van der Waals surface area contributed by atoms with E-state index in [1.807, 2.05) is 24.3 Å². The van der Waals surface area contributed by atoms with E-state index in [1.54, 1.807) is 22.3 Å². The number of hydrogen-bond donors (Lipinski definition) is 0. The van der Waals surface area contributed by atoms with Crippen LogP contribution in [0.3, 0.4) is 0 Å². The Morgan fingerprint density at radius 3 is 2.57 bits per heavy atom. The number of Topliss-reactive ketones (excluding diaryl/α,β-unsaturated/α-hetero) is 1. The first-order valence-electron chi connectivity index (χ1n) is 12.6. The molecule has 1 aliphatic heterocycles. The fourth-order valence-corrected chi connectivity index (χ4v) is 7.02. The van der Waals surface area contributed by atoms with Crippen molar-refractivity contribution in [1.82, 2.24) is 0 Å². The van der Waals surface area contributed by atoms with Gasteiger partial charge in [0.1, 0.15) is 23.4 Å². The van der Waals surface area contributed by atoms with Gasteiger partial charge in [-0.05, 0) is 61.8 Å². The quantitative estimate of drug-likeness (QED) is 0.460. The number of nitrogens with zero attached hydrogens (tertiary/aromatic N) is 2. The van der Waals surface area contributed by atoms with Gasteiger partial charge in [-0.1, -0.05) is 37.6 Å². The molecule has 5 nitrogen and oxygen atoms in total. The number of nitriles is 1. The summed E-state index contributed by atoms with van der Waals surface area (Å²) >= 11 is 1.60. The van der Waals surface area contributed by atoms with Crippen LogP contribution >= 0.6 is 11.3 Å². The summed E-state index contributed by atoms with van der Waals surface area (Å²) in [5.74, 6) is 0.563. The van der Waals surface area contributed by atoms with Crippen LogP contribution in [0, 0.1) is 11.3 Å². The van der Waals surface area contributed by atoms with Gasteiger partial charge in [0.2, 0.25) is 5.91 Å². The topological polar surface area (TPSA) is 70.4 Å². The molecule has 1 amide bonds. The number of fused-ring (bicyclic) bond motifs is 1. The van der Waals surface area contributed by atoms with E-state index in [-0.39, 0.29) is 24.0 Å².